The smallest absolute Gasteiger partial charge is 1.00 e. The van der Waals surface area contributed by atoms with Crippen molar-refractivity contribution in [3.8, 4) is 0 Å². The topological polar surface area (TPSA) is 0 Å². The third-order valence-electron chi connectivity index (χ3n) is 4.47. The number of hydrogen-bond donors (Lipinski definition) is 0. The average molecular weight is 369 g/mol. The molecule has 0 bridgehead atoms. The van der Waals surface area contributed by atoms with Crippen LogP contribution in [-0.2, 0) is 26.2 Å². The van der Waals surface area contributed by atoms with Gasteiger partial charge < -0.3 is 12.4 Å². The van der Waals surface area contributed by atoms with Crippen LogP contribution in [0.2, 0.25) is 0 Å². The summed E-state index contributed by atoms with van der Waals surface area (Å²) in [6.45, 7) is 17.3. The summed E-state index contributed by atoms with van der Waals surface area (Å²) in [5.41, 5.74) is 8.49. The molecule has 0 aromatic carbocycles. The predicted octanol–water partition coefficient (Wildman–Crippen LogP) is 2.45. The molecule has 0 heterocycles. The Labute approximate surface area is 151 Å². The van der Waals surface area contributed by atoms with Gasteiger partial charge in [0.15, 0.2) is 0 Å². The first-order valence-electron chi connectivity index (χ1n) is 6.81. The van der Waals surface area contributed by atoms with E-state index in [9.17, 15) is 0 Å². The molecule has 0 aliphatic heterocycles. The van der Waals surface area contributed by atoms with Crippen molar-refractivity contribution in [2.24, 2.45) is 11.8 Å². The molecule has 110 valence electrons. The average Bonchev–Trinajstić information content (AvgIpc) is 2.66. The third-order valence-corrected chi connectivity index (χ3v) is 4.47. The van der Waals surface area contributed by atoms with Gasteiger partial charge >= 0.3 is 26.2 Å². The van der Waals surface area contributed by atoms with Crippen LogP contribution < -0.4 is 12.4 Å². The fraction of sp³-hybridized carbons (Fsp3) is 0.556. The van der Waals surface area contributed by atoms with Crippen LogP contribution in [0.25, 0.3) is 0 Å². The van der Waals surface area contributed by atoms with Gasteiger partial charge in [-0.15, -0.1) is 13.8 Å². The van der Waals surface area contributed by atoms with Gasteiger partial charge in [0.25, 0.3) is 0 Å². The van der Waals surface area contributed by atoms with Gasteiger partial charge in [0.1, 0.15) is 0 Å². The number of hydrogen-bond acceptors (Lipinski definition) is 0. The van der Waals surface area contributed by atoms with E-state index in [4.69, 9.17) is 0 Å². The van der Waals surface area contributed by atoms with E-state index in [1.807, 2.05) is 0 Å². The summed E-state index contributed by atoms with van der Waals surface area (Å²) >= 11 is 0. The first-order valence-corrected chi connectivity index (χ1v) is 6.81. The summed E-state index contributed by atoms with van der Waals surface area (Å²) < 4.78 is 0. The standard InChI is InChI=1S/2C9H13.ClH.Zr/c2*1-6-5-7(2)9(4)8(6)3;;/h2*6H,1-4H3;1H;/q2*-1;;+2/p-1. The van der Waals surface area contributed by atoms with Gasteiger partial charge in [0.2, 0.25) is 0 Å². The summed E-state index contributed by atoms with van der Waals surface area (Å²) in [6, 6.07) is 0. The van der Waals surface area contributed by atoms with E-state index in [1.54, 1.807) is 0 Å². The fourth-order valence-corrected chi connectivity index (χ4v) is 2.32. The Morgan fingerprint density at radius 3 is 0.950 bits per heavy atom. The van der Waals surface area contributed by atoms with Crippen molar-refractivity contribution in [2.45, 2.75) is 55.4 Å². The molecule has 2 aliphatic rings. The van der Waals surface area contributed by atoms with Crippen molar-refractivity contribution in [1.82, 2.24) is 0 Å². The van der Waals surface area contributed by atoms with E-state index in [2.05, 4.69) is 67.5 Å². The minimum atomic E-state index is 0. The van der Waals surface area contributed by atoms with Crippen molar-refractivity contribution in [1.29, 1.82) is 0 Å². The molecule has 20 heavy (non-hydrogen) atoms. The van der Waals surface area contributed by atoms with Crippen LogP contribution in [0.4, 0.5) is 0 Å². The quantitative estimate of drug-likeness (QED) is 0.576. The van der Waals surface area contributed by atoms with Crippen molar-refractivity contribution in [3.05, 3.63) is 45.6 Å². The van der Waals surface area contributed by atoms with Crippen LogP contribution in [0.1, 0.15) is 55.4 Å². The number of rotatable bonds is 0. The van der Waals surface area contributed by atoms with Gasteiger partial charge in [0, 0.05) is 0 Å². The Bertz CT molecular complexity index is 420. The molecule has 0 N–H and O–H groups in total. The molecule has 0 aromatic rings. The zero-order valence-corrected chi connectivity index (χ0v) is 17.2. The Hall–Kier alpha value is 0.133. The van der Waals surface area contributed by atoms with Crippen LogP contribution in [-0.4, -0.2) is 0 Å². The van der Waals surface area contributed by atoms with E-state index < -0.39 is 0 Å². The van der Waals surface area contributed by atoms with Crippen molar-refractivity contribution in [3.63, 3.8) is 0 Å². The molecular formula is C18H26ClZr-. The molecule has 2 aliphatic carbocycles. The molecule has 2 atom stereocenters. The molecule has 0 spiro atoms. The van der Waals surface area contributed by atoms with Crippen LogP contribution in [0.15, 0.2) is 33.4 Å². The van der Waals surface area contributed by atoms with Crippen LogP contribution in [0, 0.1) is 24.0 Å². The van der Waals surface area contributed by atoms with Crippen molar-refractivity contribution in [2.75, 3.05) is 0 Å². The molecule has 0 radical (unpaired) electrons. The zero-order valence-electron chi connectivity index (χ0n) is 14.0. The first kappa shape index (κ1) is 22.4. The molecule has 0 nitrogen and oxygen atoms in total. The van der Waals surface area contributed by atoms with Crippen molar-refractivity contribution < 1.29 is 38.6 Å². The van der Waals surface area contributed by atoms with Crippen LogP contribution in [0.3, 0.4) is 0 Å². The number of halogens is 1. The number of allylic oxidation sites excluding steroid dienone is 8. The monoisotopic (exact) mass is 367 g/mol. The summed E-state index contributed by atoms with van der Waals surface area (Å²) in [7, 11) is 0. The Balaban J connectivity index is 0. The van der Waals surface area contributed by atoms with E-state index in [0.29, 0.717) is 11.8 Å². The second-order valence-electron chi connectivity index (χ2n) is 5.60. The molecule has 2 rings (SSSR count). The largest absolute Gasteiger partial charge is 2.00 e. The third kappa shape index (κ3) is 5.16. The predicted molar refractivity (Wildman–Crippen MR) is 79.9 cm³/mol. The zero-order chi connectivity index (χ0) is 14.0. The molecule has 0 saturated carbocycles. The normalized spacial score (nSPS) is 24.4. The fourth-order valence-electron chi connectivity index (χ4n) is 2.32. The SMILES string of the molecule is CC1=[C-]C(C)C(C)=C1C.CC1=[C-]C(C)C(C)=C1C.[Cl-].[Zr+2]. The molecule has 0 fully saturated rings. The van der Waals surface area contributed by atoms with E-state index >= 15 is 0 Å². The summed E-state index contributed by atoms with van der Waals surface area (Å²) in [5.74, 6) is 1.12. The maximum atomic E-state index is 3.36. The van der Waals surface area contributed by atoms with Crippen molar-refractivity contribution >= 4 is 0 Å². The second-order valence-corrected chi connectivity index (χ2v) is 5.60. The molecule has 0 amide bonds. The maximum Gasteiger partial charge on any atom is 2.00 e. The molecular weight excluding hydrogens is 343 g/mol. The summed E-state index contributed by atoms with van der Waals surface area (Å²) in [4.78, 5) is 0. The van der Waals surface area contributed by atoms with Gasteiger partial charge in [-0.25, -0.2) is 11.1 Å². The molecule has 2 unspecified atom stereocenters. The van der Waals surface area contributed by atoms with Gasteiger partial charge in [-0.05, 0) is 0 Å². The second kappa shape index (κ2) is 9.21. The molecule has 0 aromatic heterocycles. The maximum absolute atomic E-state index is 3.36. The Morgan fingerprint density at radius 1 is 0.650 bits per heavy atom. The minimum Gasteiger partial charge on any atom is -1.00 e. The molecule has 2 heteroatoms. The summed E-state index contributed by atoms with van der Waals surface area (Å²) in [6.07, 6.45) is 6.72. The molecule has 0 saturated heterocycles. The van der Waals surface area contributed by atoms with E-state index in [-0.39, 0.29) is 38.6 Å². The van der Waals surface area contributed by atoms with Gasteiger partial charge in [-0.1, -0.05) is 53.4 Å². The van der Waals surface area contributed by atoms with E-state index in [1.165, 1.54) is 33.4 Å². The van der Waals surface area contributed by atoms with Gasteiger partial charge in [0.05, 0.1) is 0 Å². The van der Waals surface area contributed by atoms with Crippen LogP contribution in [0.5, 0.6) is 0 Å². The summed E-state index contributed by atoms with van der Waals surface area (Å²) in [5, 5.41) is 0. The van der Waals surface area contributed by atoms with Gasteiger partial charge in [-0.2, -0.15) is 22.3 Å². The van der Waals surface area contributed by atoms with Crippen LogP contribution >= 0.6 is 0 Å². The minimum absolute atomic E-state index is 0. The Kier molecular flexibility index (Phi) is 10.3. The van der Waals surface area contributed by atoms with Gasteiger partial charge in [-0.3, -0.25) is 12.2 Å². The van der Waals surface area contributed by atoms with E-state index in [0.717, 1.165) is 0 Å². The Morgan fingerprint density at radius 2 is 0.900 bits per heavy atom. The first-order chi connectivity index (χ1) is 8.25.